The molecule has 2 aromatic rings. The summed E-state index contributed by atoms with van der Waals surface area (Å²) in [7, 11) is 0. The van der Waals surface area contributed by atoms with Gasteiger partial charge in [-0.05, 0) is 73.2 Å². The van der Waals surface area contributed by atoms with Gasteiger partial charge in [-0.25, -0.2) is 4.79 Å². The summed E-state index contributed by atoms with van der Waals surface area (Å²) in [5.41, 5.74) is 14.8. The average molecular weight is 395 g/mol. The van der Waals surface area contributed by atoms with Crippen LogP contribution in [-0.2, 0) is 17.6 Å². The van der Waals surface area contributed by atoms with Crippen LogP contribution in [0.2, 0.25) is 0 Å². The number of hydrogen-bond donors (Lipinski definition) is 3. The van der Waals surface area contributed by atoms with Crippen molar-refractivity contribution in [3.8, 4) is 22.6 Å². The van der Waals surface area contributed by atoms with E-state index in [1.807, 2.05) is 30.3 Å². The van der Waals surface area contributed by atoms with Crippen LogP contribution in [0.1, 0.15) is 30.4 Å². The van der Waals surface area contributed by atoms with Gasteiger partial charge in [-0.1, -0.05) is 30.7 Å². The van der Waals surface area contributed by atoms with Gasteiger partial charge < -0.3 is 21.3 Å². The Morgan fingerprint density at radius 1 is 1.10 bits per heavy atom. The third-order valence-electron chi connectivity index (χ3n) is 4.66. The summed E-state index contributed by atoms with van der Waals surface area (Å²) < 4.78 is 5.56. The Balaban J connectivity index is 2.27. The fourth-order valence-electron chi connectivity index (χ4n) is 3.08. The van der Waals surface area contributed by atoms with E-state index < -0.39 is 12.0 Å². The van der Waals surface area contributed by atoms with Crippen LogP contribution < -0.4 is 16.2 Å². The molecule has 0 heterocycles. The second kappa shape index (κ2) is 11.2. The number of aromatic hydroxyl groups is 1. The number of esters is 1. The van der Waals surface area contributed by atoms with Crippen LogP contribution in [0.4, 0.5) is 0 Å². The lowest BCUT2D eigenvalue weighted by molar-refractivity contribution is -0.136. The lowest BCUT2D eigenvalue weighted by atomic mass is 9.97. The number of carbonyl (C=O) groups is 1. The first-order chi connectivity index (χ1) is 14.0. The highest BCUT2D eigenvalue weighted by atomic mass is 16.5. The van der Waals surface area contributed by atoms with Gasteiger partial charge in [0, 0.05) is 5.56 Å². The molecular formula is C24H30N2O3. The Morgan fingerprint density at radius 2 is 1.86 bits per heavy atom. The average Bonchev–Trinajstić information content (AvgIpc) is 2.71. The minimum absolute atomic E-state index is 0.189. The molecule has 0 fully saturated rings. The molecule has 0 saturated carbocycles. The molecule has 5 N–H and O–H groups in total. The summed E-state index contributed by atoms with van der Waals surface area (Å²) >= 11 is 0. The largest absolute Gasteiger partial charge is 0.507 e. The van der Waals surface area contributed by atoms with Crippen molar-refractivity contribution in [2.24, 2.45) is 11.5 Å². The number of carbonyl (C=O) groups excluding carboxylic acids is 1. The molecule has 29 heavy (non-hydrogen) atoms. The van der Waals surface area contributed by atoms with Crippen LogP contribution in [0.5, 0.6) is 11.5 Å². The molecule has 154 valence electrons. The molecule has 0 saturated heterocycles. The number of phenolic OH excluding ortho intramolecular Hbond substituents is 1. The first kappa shape index (κ1) is 22.4. The number of unbranched alkanes of at least 4 members (excludes halogenated alkanes) is 1. The third kappa shape index (κ3) is 6.31. The molecule has 5 nitrogen and oxygen atoms in total. The van der Waals surface area contributed by atoms with Gasteiger partial charge in [0.25, 0.3) is 0 Å². The van der Waals surface area contributed by atoms with Crippen LogP contribution in [-0.4, -0.2) is 23.7 Å². The van der Waals surface area contributed by atoms with Crippen molar-refractivity contribution in [3.05, 3.63) is 72.8 Å². The Labute approximate surface area is 172 Å². The molecule has 0 radical (unpaired) electrons. The van der Waals surface area contributed by atoms with Crippen LogP contribution in [0, 0.1) is 0 Å². The first-order valence-electron chi connectivity index (χ1n) is 9.84. The van der Waals surface area contributed by atoms with Crippen molar-refractivity contribution < 1.29 is 14.6 Å². The number of benzene rings is 2. The molecule has 5 heteroatoms. The molecule has 2 rings (SSSR count). The van der Waals surface area contributed by atoms with Gasteiger partial charge in [-0.3, -0.25) is 0 Å². The fraction of sp³-hybridized carbons (Fsp3) is 0.292. The van der Waals surface area contributed by atoms with E-state index >= 15 is 0 Å². The number of ether oxygens (including phenoxy) is 1. The van der Waals surface area contributed by atoms with E-state index in [0.717, 1.165) is 29.5 Å². The summed E-state index contributed by atoms with van der Waals surface area (Å²) in [5.74, 6) is 0.180. The molecule has 0 amide bonds. The van der Waals surface area contributed by atoms with Crippen molar-refractivity contribution >= 4 is 5.97 Å². The van der Waals surface area contributed by atoms with Crippen LogP contribution in [0.25, 0.3) is 11.1 Å². The number of phenols is 1. The lowest BCUT2D eigenvalue weighted by Gasteiger charge is -2.15. The van der Waals surface area contributed by atoms with Crippen molar-refractivity contribution in [3.63, 3.8) is 0 Å². The quantitative estimate of drug-likeness (QED) is 0.232. The summed E-state index contributed by atoms with van der Waals surface area (Å²) in [4.78, 5) is 12.3. The maximum absolute atomic E-state index is 12.3. The van der Waals surface area contributed by atoms with Gasteiger partial charge in [-0.15, -0.1) is 13.2 Å². The molecule has 0 spiro atoms. The number of nitrogens with two attached hydrogens (primary N) is 2. The van der Waals surface area contributed by atoms with Crippen LogP contribution in [0.15, 0.2) is 61.7 Å². The van der Waals surface area contributed by atoms with Crippen molar-refractivity contribution in [1.82, 2.24) is 0 Å². The van der Waals surface area contributed by atoms with Gasteiger partial charge in [0.15, 0.2) is 0 Å². The maximum atomic E-state index is 12.3. The van der Waals surface area contributed by atoms with E-state index in [4.69, 9.17) is 16.2 Å². The number of allylic oxidation sites excluding steroid dienone is 2. The molecule has 1 unspecified atom stereocenters. The number of rotatable bonds is 11. The SMILES string of the molecule is C=CCc1ccc(O)c(-c2ccc(OC(=O)C(N)CCCCN)c(CC=C)c2)c1. The Hall–Kier alpha value is -2.89. The standard InChI is InChI=1S/C24H30N2O3/c1-3-7-17-10-12-22(27)20(15-17)18-11-13-23(19(16-18)8-4-2)29-24(28)21(26)9-5-6-14-25/h3-4,10-13,15-16,21,27H,1-2,5-9,14,25-26H2. The molecule has 2 aromatic carbocycles. The fourth-order valence-corrected chi connectivity index (χ4v) is 3.08. The highest BCUT2D eigenvalue weighted by Crippen LogP contribution is 2.34. The minimum Gasteiger partial charge on any atom is -0.507 e. The Kier molecular flexibility index (Phi) is 8.65. The third-order valence-corrected chi connectivity index (χ3v) is 4.66. The zero-order valence-corrected chi connectivity index (χ0v) is 16.8. The van der Waals surface area contributed by atoms with E-state index in [-0.39, 0.29) is 5.75 Å². The van der Waals surface area contributed by atoms with Gasteiger partial charge >= 0.3 is 5.97 Å². The minimum atomic E-state index is -0.683. The highest BCUT2D eigenvalue weighted by molar-refractivity contribution is 5.79. The Morgan fingerprint density at radius 3 is 2.55 bits per heavy atom. The summed E-state index contributed by atoms with van der Waals surface area (Å²) in [6.07, 6.45) is 6.94. The molecule has 0 bridgehead atoms. The first-order valence-corrected chi connectivity index (χ1v) is 9.84. The van der Waals surface area contributed by atoms with Crippen molar-refractivity contribution in [2.75, 3.05) is 6.54 Å². The van der Waals surface area contributed by atoms with E-state index in [9.17, 15) is 9.90 Å². The van der Waals surface area contributed by atoms with Crippen molar-refractivity contribution in [2.45, 2.75) is 38.1 Å². The molecule has 1 atom stereocenters. The zero-order chi connectivity index (χ0) is 21.2. The monoisotopic (exact) mass is 394 g/mol. The summed E-state index contributed by atoms with van der Waals surface area (Å²) in [6, 6.07) is 10.3. The highest BCUT2D eigenvalue weighted by Gasteiger charge is 2.18. The molecule has 0 aliphatic rings. The predicted octanol–water partition coefficient (Wildman–Crippen LogP) is 3.88. The molecule has 0 aliphatic heterocycles. The topological polar surface area (TPSA) is 98.6 Å². The van der Waals surface area contributed by atoms with Gasteiger partial charge in [0.05, 0.1) is 0 Å². The van der Waals surface area contributed by atoms with Crippen LogP contribution in [0.3, 0.4) is 0 Å². The normalized spacial score (nSPS) is 11.7. The van der Waals surface area contributed by atoms with Crippen LogP contribution >= 0.6 is 0 Å². The van der Waals surface area contributed by atoms with E-state index in [0.29, 0.717) is 37.1 Å². The smallest absolute Gasteiger partial charge is 0.328 e. The van der Waals surface area contributed by atoms with E-state index in [1.165, 1.54) is 0 Å². The summed E-state index contributed by atoms with van der Waals surface area (Å²) in [6.45, 7) is 8.12. The lowest BCUT2D eigenvalue weighted by Crippen LogP contribution is -2.34. The predicted molar refractivity (Wildman–Crippen MR) is 118 cm³/mol. The van der Waals surface area contributed by atoms with Gasteiger partial charge in [-0.2, -0.15) is 0 Å². The molecular weight excluding hydrogens is 364 g/mol. The van der Waals surface area contributed by atoms with Gasteiger partial charge in [0.1, 0.15) is 17.5 Å². The second-order valence-electron chi connectivity index (χ2n) is 6.97. The van der Waals surface area contributed by atoms with E-state index in [1.54, 1.807) is 18.2 Å². The second-order valence-corrected chi connectivity index (χ2v) is 6.97. The van der Waals surface area contributed by atoms with Gasteiger partial charge in [0.2, 0.25) is 0 Å². The zero-order valence-electron chi connectivity index (χ0n) is 16.8. The molecule has 0 aromatic heterocycles. The van der Waals surface area contributed by atoms with E-state index in [2.05, 4.69) is 13.2 Å². The maximum Gasteiger partial charge on any atom is 0.328 e. The molecule has 0 aliphatic carbocycles. The summed E-state index contributed by atoms with van der Waals surface area (Å²) in [5, 5.41) is 10.3. The van der Waals surface area contributed by atoms with Crippen molar-refractivity contribution in [1.29, 1.82) is 0 Å². The Bertz CT molecular complexity index is 861. The number of hydrogen-bond acceptors (Lipinski definition) is 5.